The molecule has 2 aliphatic rings. The van der Waals surface area contributed by atoms with Gasteiger partial charge in [-0.1, -0.05) is 42.5 Å². The van der Waals surface area contributed by atoms with Crippen LogP contribution in [0.15, 0.2) is 54.6 Å². The SMILES string of the molecule is CNC(Cc1ccccc1)C(=O)N1CCC[C@H]1C(=O)NC(CC1CCCN(C(=N)N)C1)C(=O)c1nc2ccccc2s1. The van der Waals surface area contributed by atoms with Crippen LogP contribution >= 0.6 is 11.3 Å². The fraction of sp³-hybridized carbons (Fsp3) is 0.452. The van der Waals surface area contributed by atoms with E-state index in [2.05, 4.69) is 15.6 Å². The molecule has 0 radical (unpaired) electrons. The predicted molar refractivity (Wildman–Crippen MR) is 164 cm³/mol. The molecule has 4 atom stereocenters. The summed E-state index contributed by atoms with van der Waals surface area (Å²) >= 11 is 1.32. The first kappa shape index (κ1) is 29.7. The van der Waals surface area contributed by atoms with E-state index in [0.29, 0.717) is 43.9 Å². The van der Waals surface area contributed by atoms with Crippen LogP contribution in [0.3, 0.4) is 0 Å². The van der Waals surface area contributed by atoms with Crippen LogP contribution in [0.1, 0.15) is 47.5 Å². The van der Waals surface area contributed by atoms with E-state index in [1.54, 1.807) is 11.9 Å². The zero-order valence-electron chi connectivity index (χ0n) is 23.9. The number of carbonyl (C=O) groups is 3. The summed E-state index contributed by atoms with van der Waals surface area (Å²) in [6, 6.07) is 15.5. The third kappa shape index (κ3) is 6.79. The third-order valence-electron chi connectivity index (χ3n) is 8.33. The van der Waals surface area contributed by atoms with Crippen molar-refractivity contribution in [3.63, 3.8) is 0 Å². The number of likely N-dealkylation sites (N-methyl/N-ethyl adjacent to an activating group) is 1. The number of piperidine rings is 1. The summed E-state index contributed by atoms with van der Waals surface area (Å²) in [4.78, 5) is 49.4. The molecule has 0 spiro atoms. The van der Waals surface area contributed by atoms with Gasteiger partial charge in [-0.3, -0.25) is 19.8 Å². The molecule has 222 valence electrons. The van der Waals surface area contributed by atoms with Gasteiger partial charge in [0.05, 0.1) is 22.3 Å². The van der Waals surface area contributed by atoms with E-state index < -0.39 is 18.1 Å². The van der Waals surface area contributed by atoms with Gasteiger partial charge in [0.25, 0.3) is 0 Å². The van der Waals surface area contributed by atoms with Gasteiger partial charge in [0.1, 0.15) is 6.04 Å². The minimum atomic E-state index is -0.795. The first-order valence-electron chi connectivity index (χ1n) is 14.6. The van der Waals surface area contributed by atoms with Crippen molar-refractivity contribution in [2.45, 2.75) is 56.7 Å². The molecule has 0 bridgehead atoms. The second-order valence-electron chi connectivity index (χ2n) is 11.2. The fourth-order valence-corrected chi connectivity index (χ4v) is 7.06. The number of benzene rings is 2. The van der Waals surface area contributed by atoms with Gasteiger partial charge in [0, 0.05) is 19.6 Å². The van der Waals surface area contributed by atoms with Gasteiger partial charge >= 0.3 is 0 Å². The summed E-state index contributed by atoms with van der Waals surface area (Å²) in [6.45, 7) is 1.77. The number of hydrogen-bond acceptors (Lipinski definition) is 7. The number of amides is 2. The van der Waals surface area contributed by atoms with E-state index in [9.17, 15) is 14.4 Å². The van der Waals surface area contributed by atoms with Crippen molar-refractivity contribution < 1.29 is 14.4 Å². The van der Waals surface area contributed by atoms with Crippen LogP contribution in [0, 0.1) is 11.3 Å². The molecule has 3 heterocycles. The Hall–Kier alpha value is -3.83. The molecule has 1 aromatic heterocycles. The van der Waals surface area contributed by atoms with E-state index in [1.165, 1.54) is 11.3 Å². The molecule has 3 unspecified atom stereocenters. The Balaban J connectivity index is 1.33. The average molecular weight is 590 g/mol. The number of hydrogen-bond donors (Lipinski definition) is 4. The van der Waals surface area contributed by atoms with E-state index in [0.717, 1.165) is 35.0 Å². The summed E-state index contributed by atoms with van der Waals surface area (Å²) in [6.07, 6.45) is 3.94. The molecule has 2 saturated heterocycles. The highest BCUT2D eigenvalue weighted by atomic mass is 32.1. The molecule has 2 aliphatic heterocycles. The molecule has 3 aromatic rings. The zero-order valence-corrected chi connectivity index (χ0v) is 24.7. The van der Waals surface area contributed by atoms with Gasteiger partial charge in [-0.2, -0.15) is 0 Å². The monoisotopic (exact) mass is 589 g/mol. The summed E-state index contributed by atoms with van der Waals surface area (Å²) in [5, 5.41) is 14.4. The normalized spacial score (nSPS) is 20.3. The standard InChI is InChI=1S/C31H39N7O3S/c1-34-24(17-20-9-3-2-4-10-20)30(41)38-16-8-13-25(38)28(40)35-23(18-21-11-7-15-37(19-21)31(32)33)27(39)29-36-22-12-5-6-14-26(22)42-29/h2-6,9-10,12,14,21,23-25,34H,7-8,11,13,15-19H2,1H3,(H3,32,33)(H,35,40)/t21?,23?,24?,25-/m0/s1. The largest absolute Gasteiger partial charge is 0.370 e. The van der Waals surface area contributed by atoms with Crippen molar-refractivity contribution in [1.29, 1.82) is 5.41 Å². The number of fused-ring (bicyclic) bond motifs is 1. The Bertz CT molecular complexity index is 1400. The summed E-state index contributed by atoms with van der Waals surface area (Å²) in [5.41, 5.74) is 7.56. The number of nitrogens with zero attached hydrogens (tertiary/aromatic N) is 3. The van der Waals surface area contributed by atoms with Gasteiger partial charge in [0.2, 0.25) is 17.6 Å². The average Bonchev–Trinajstić information content (AvgIpc) is 3.67. The number of rotatable bonds is 10. The summed E-state index contributed by atoms with van der Waals surface area (Å²) in [5.74, 6) is -0.552. The zero-order chi connectivity index (χ0) is 29.6. The molecular formula is C31H39N7O3S. The number of para-hydroxylation sites is 1. The predicted octanol–water partition coefficient (Wildman–Crippen LogP) is 2.78. The van der Waals surface area contributed by atoms with Crippen molar-refractivity contribution in [2.24, 2.45) is 11.7 Å². The van der Waals surface area contributed by atoms with Gasteiger partial charge in [0.15, 0.2) is 11.0 Å². The number of likely N-dealkylation sites (tertiary alicyclic amines) is 2. The van der Waals surface area contributed by atoms with Crippen molar-refractivity contribution in [3.05, 3.63) is 65.2 Å². The number of nitrogens with one attached hydrogen (secondary N) is 3. The molecule has 0 saturated carbocycles. The van der Waals surface area contributed by atoms with E-state index >= 15 is 0 Å². The maximum atomic E-state index is 13.9. The smallest absolute Gasteiger partial charge is 0.243 e. The Labute approximate surface area is 250 Å². The number of nitrogens with two attached hydrogens (primary N) is 1. The second kappa shape index (κ2) is 13.4. The number of thiazole rings is 1. The fourth-order valence-electron chi connectivity index (χ4n) is 6.10. The van der Waals surface area contributed by atoms with Crippen molar-refractivity contribution in [2.75, 3.05) is 26.7 Å². The minimum Gasteiger partial charge on any atom is -0.370 e. The molecule has 2 fully saturated rings. The Morgan fingerprint density at radius 2 is 1.79 bits per heavy atom. The Kier molecular flexibility index (Phi) is 9.48. The lowest BCUT2D eigenvalue weighted by Crippen LogP contribution is -2.55. The molecule has 11 heteroatoms. The third-order valence-corrected chi connectivity index (χ3v) is 9.39. The number of carbonyl (C=O) groups excluding carboxylic acids is 3. The molecule has 5 rings (SSSR count). The van der Waals surface area contributed by atoms with Crippen LogP contribution in [-0.4, -0.2) is 83.1 Å². The minimum absolute atomic E-state index is 0.0208. The number of aromatic nitrogens is 1. The second-order valence-corrected chi connectivity index (χ2v) is 12.2. The Morgan fingerprint density at radius 1 is 1.05 bits per heavy atom. The molecule has 2 aromatic carbocycles. The van der Waals surface area contributed by atoms with E-state index in [-0.39, 0.29) is 29.5 Å². The van der Waals surface area contributed by atoms with Gasteiger partial charge in [-0.25, -0.2) is 4.98 Å². The highest BCUT2D eigenvalue weighted by Crippen LogP contribution is 2.27. The van der Waals surface area contributed by atoms with E-state index in [1.807, 2.05) is 59.5 Å². The van der Waals surface area contributed by atoms with Crippen LogP contribution in [0.4, 0.5) is 0 Å². The lowest BCUT2D eigenvalue weighted by atomic mass is 9.89. The van der Waals surface area contributed by atoms with E-state index in [4.69, 9.17) is 11.1 Å². The van der Waals surface area contributed by atoms with Crippen molar-refractivity contribution in [3.8, 4) is 0 Å². The Morgan fingerprint density at radius 3 is 2.52 bits per heavy atom. The first-order valence-corrected chi connectivity index (χ1v) is 15.5. The molecule has 5 N–H and O–H groups in total. The molecule has 42 heavy (non-hydrogen) atoms. The van der Waals surface area contributed by atoms with Crippen LogP contribution in [-0.2, 0) is 16.0 Å². The van der Waals surface area contributed by atoms with Crippen LogP contribution in [0.25, 0.3) is 10.2 Å². The van der Waals surface area contributed by atoms with Gasteiger partial charge in [-0.15, -0.1) is 11.3 Å². The van der Waals surface area contributed by atoms with Gasteiger partial charge in [-0.05, 0) is 69.2 Å². The lowest BCUT2D eigenvalue weighted by Gasteiger charge is -2.35. The topological polar surface area (TPSA) is 145 Å². The molecule has 2 amide bonds. The van der Waals surface area contributed by atoms with Gasteiger partial charge < -0.3 is 26.2 Å². The highest BCUT2D eigenvalue weighted by molar-refractivity contribution is 7.20. The lowest BCUT2D eigenvalue weighted by molar-refractivity contribution is -0.140. The maximum Gasteiger partial charge on any atom is 0.243 e. The molecule has 0 aliphatic carbocycles. The summed E-state index contributed by atoms with van der Waals surface area (Å²) < 4.78 is 0.912. The maximum absolute atomic E-state index is 13.9. The van der Waals surface area contributed by atoms with Crippen molar-refractivity contribution in [1.82, 2.24) is 25.4 Å². The van der Waals surface area contributed by atoms with Crippen LogP contribution < -0.4 is 16.4 Å². The van der Waals surface area contributed by atoms with Crippen LogP contribution in [0.2, 0.25) is 0 Å². The molecule has 10 nitrogen and oxygen atoms in total. The molecular weight excluding hydrogens is 550 g/mol. The van der Waals surface area contributed by atoms with Crippen LogP contribution in [0.5, 0.6) is 0 Å². The first-order chi connectivity index (χ1) is 20.3. The summed E-state index contributed by atoms with van der Waals surface area (Å²) in [7, 11) is 1.76. The highest BCUT2D eigenvalue weighted by Gasteiger charge is 2.39. The number of guanidine groups is 1. The van der Waals surface area contributed by atoms with Crippen molar-refractivity contribution >= 4 is 45.1 Å². The quantitative estimate of drug-likeness (QED) is 0.162. The number of Topliss-reactive ketones (excluding diaryl/α,β-unsaturated/α-hetero) is 1. The number of ketones is 1.